The number of anilines is 1. The summed E-state index contributed by atoms with van der Waals surface area (Å²) >= 11 is 0. The number of hydrogen-bond acceptors (Lipinski definition) is 3. The van der Waals surface area contributed by atoms with Crippen LogP contribution in [-0.4, -0.2) is 23.9 Å². The van der Waals surface area contributed by atoms with Crippen LogP contribution in [0.3, 0.4) is 0 Å². The summed E-state index contributed by atoms with van der Waals surface area (Å²) in [4.78, 5) is 0. The quantitative estimate of drug-likeness (QED) is 0.748. The van der Waals surface area contributed by atoms with Crippen LogP contribution in [0.5, 0.6) is 5.75 Å². The molecule has 2 N–H and O–H groups in total. The molecule has 0 amide bonds. The van der Waals surface area contributed by atoms with Crippen molar-refractivity contribution < 1.29 is 9.84 Å². The zero-order valence-electron chi connectivity index (χ0n) is 8.94. The van der Waals surface area contributed by atoms with Gasteiger partial charge in [-0.2, -0.15) is 0 Å². The number of nitrogens with one attached hydrogen (secondary N) is 1. The van der Waals surface area contributed by atoms with Crippen molar-refractivity contribution in [2.24, 2.45) is 0 Å². The van der Waals surface area contributed by atoms with Gasteiger partial charge in [-0.3, -0.25) is 0 Å². The first-order valence-corrected chi connectivity index (χ1v) is 5.42. The normalized spacial score (nSPS) is 25.4. The lowest BCUT2D eigenvalue weighted by atomic mass is 10.2. The molecule has 3 heteroatoms. The smallest absolute Gasteiger partial charge is 0.115 e. The van der Waals surface area contributed by atoms with Crippen LogP contribution in [0, 0.1) is 0 Å². The first-order chi connectivity index (χ1) is 7.24. The van der Waals surface area contributed by atoms with Crippen molar-refractivity contribution in [1.82, 2.24) is 0 Å². The van der Waals surface area contributed by atoms with Crippen LogP contribution >= 0.6 is 0 Å². The fourth-order valence-electron chi connectivity index (χ4n) is 1.85. The Labute approximate surface area is 90.1 Å². The van der Waals surface area contributed by atoms with Crippen molar-refractivity contribution in [3.8, 4) is 5.75 Å². The first kappa shape index (κ1) is 10.3. The van der Waals surface area contributed by atoms with Gasteiger partial charge in [0.05, 0.1) is 12.2 Å². The Hall–Kier alpha value is -1.22. The van der Waals surface area contributed by atoms with Gasteiger partial charge in [0.1, 0.15) is 5.75 Å². The predicted molar refractivity (Wildman–Crippen MR) is 60.2 cm³/mol. The zero-order chi connectivity index (χ0) is 10.7. The molecular weight excluding hydrogens is 190 g/mol. The van der Waals surface area contributed by atoms with E-state index in [-0.39, 0.29) is 0 Å². The predicted octanol–water partition coefficient (Wildman–Crippen LogP) is 2.37. The molecule has 1 saturated heterocycles. The molecule has 82 valence electrons. The number of benzene rings is 1. The van der Waals surface area contributed by atoms with Crippen molar-refractivity contribution in [2.45, 2.75) is 32.0 Å². The lowest BCUT2D eigenvalue weighted by molar-refractivity contribution is 0.0637. The van der Waals surface area contributed by atoms with Crippen LogP contribution in [0.1, 0.15) is 19.8 Å². The summed E-state index contributed by atoms with van der Waals surface area (Å²) in [6.45, 7) is 2.95. The molecular formula is C12H17NO2. The van der Waals surface area contributed by atoms with E-state index in [0.29, 0.717) is 18.0 Å². The van der Waals surface area contributed by atoms with Gasteiger partial charge in [-0.1, -0.05) is 0 Å². The van der Waals surface area contributed by atoms with Gasteiger partial charge in [-0.15, -0.1) is 0 Å². The SMILES string of the molecule is CC1CCC(CNc2ccc(O)cc2)O1. The molecule has 1 aliphatic rings. The molecule has 2 unspecified atom stereocenters. The molecule has 1 heterocycles. The number of rotatable bonds is 3. The van der Waals surface area contributed by atoms with Gasteiger partial charge in [0.15, 0.2) is 0 Å². The molecule has 0 aromatic heterocycles. The second-order valence-electron chi connectivity index (χ2n) is 4.07. The molecule has 2 atom stereocenters. The van der Waals surface area contributed by atoms with Crippen LogP contribution in [0.25, 0.3) is 0 Å². The maximum Gasteiger partial charge on any atom is 0.115 e. The molecule has 0 spiro atoms. The minimum Gasteiger partial charge on any atom is -0.508 e. The maximum atomic E-state index is 9.12. The van der Waals surface area contributed by atoms with Crippen molar-refractivity contribution >= 4 is 5.69 Å². The number of aromatic hydroxyl groups is 1. The van der Waals surface area contributed by atoms with E-state index in [1.807, 2.05) is 12.1 Å². The van der Waals surface area contributed by atoms with Gasteiger partial charge in [-0.25, -0.2) is 0 Å². The summed E-state index contributed by atoms with van der Waals surface area (Å²) in [6, 6.07) is 7.10. The van der Waals surface area contributed by atoms with Crippen molar-refractivity contribution in [3.05, 3.63) is 24.3 Å². The number of phenols is 1. The third-order valence-corrected chi connectivity index (χ3v) is 2.72. The second-order valence-corrected chi connectivity index (χ2v) is 4.07. The molecule has 0 saturated carbocycles. The molecule has 1 fully saturated rings. The fraction of sp³-hybridized carbons (Fsp3) is 0.500. The lowest BCUT2D eigenvalue weighted by Crippen LogP contribution is -2.19. The summed E-state index contributed by atoms with van der Waals surface area (Å²) in [6.07, 6.45) is 3.01. The highest BCUT2D eigenvalue weighted by atomic mass is 16.5. The molecule has 3 nitrogen and oxygen atoms in total. The third-order valence-electron chi connectivity index (χ3n) is 2.72. The Morgan fingerprint density at radius 2 is 2.07 bits per heavy atom. The largest absolute Gasteiger partial charge is 0.508 e. The monoisotopic (exact) mass is 207 g/mol. The van der Waals surface area contributed by atoms with Gasteiger partial charge >= 0.3 is 0 Å². The van der Waals surface area contributed by atoms with E-state index in [1.165, 1.54) is 0 Å². The Bertz CT molecular complexity index is 310. The topological polar surface area (TPSA) is 41.5 Å². The minimum absolute atomic E-state index is 0.297. The van der Waals surface area contributed by atoms with Crippen LogP contribution < -0.4 is 5.32 Å². The Balaban J connectivity index is 1.80. The Kier molecular flexibility index (Phi) is 3.11. The highest BCUT2D eigenvalue weighted by Gasteiger charge is 2.20. The van der Waals surface area contributed by atoms with Crippen LogP contribution in [0.15, 0.2) is 24.3 Å². The van der Waals surface area contributed by atoms with Crippen LogP contribution in [0.4, 0.5) is 5.69 Å². The summed E-state index contributed by atoms with van der Waals surface area (Å²) in [7, 11) is 0. The molecule has 1 aliphatic heterocycles. The highest BCUT2D eigenvalue weighted by molar-refractivity contribution is 5.45. The number of ether oxygens (including phenoxy) is 1. The number of phenolic OH excluding ortho intramolecular Hbond substituents is 1. The number of hydrogen-bond donors (Lipinski definition) is 2. The average Bonchev–Trinajstić information content (AvgIpc) is 2.64. The summed E-state index contributed by atoms with van der Waals surface area (Å²) < 4.78 is 5.69. The fourth-order valence-corrected chi connectivity index (χ4v) is 1.85. The Morgan fingerprint density at radius 3 is 2.67 bits per heavy atom. The minimum atomic E-state index is 0.297. The van der Waals surface area contributed by atoms with E-state index < -0.39 is 0 Å². The first-order valence-electron chi connectivity index (χ1n) is 5.42. The molecule has 0 bridgehead atoms. The zero-order valence-corrected chi connectivity index (χ0v) is 8.94. The van der Waals surface area contributed by atoms with E-state index >= 15 is 0 Å². The standard InChI is InChI=1S/C12H17NO2/c1-9-2-7-12(15-9)8-13-10-3-5-11(14)6-4-10/h3-6,9,12-14H,2,7-8H2,1H3. The molecule has 15 heavy (non-hydrogen) atoms. The van der Waals surface area contributed by atoms with Gasteiger partial charge in [-0.05, 0) is 44.0 Å². The van der Waals surface area contributed by atoms with E-state index in [0.717, 1.165) is 25.1 Å². The molecule has 0 aliphatic carbocycles. The van der Waals surface area contributed by atoms with Gasteiger partial charge in [0, 0.05) is 12.2 Å². The lowest BCUT2D eigenvalue weighted by Gasteiger charge is -2.13. The highest BCUT2D eigenvalue weighted by Crippen LogP contribution is 2.20. The second kappa shape index (κ2) is 4.53. The van der Waals surface area contributed by atoms with E-state index in [9.17, 15) is 0 Å². The van der Waals surface area contributed by atoms with Crippen molar-refractivity contribution in [3.63, 3.8) is 0 Å². The molecule has 0 radical (unpaired) electrons. The summed E-state index contributed by atoms with van der Waals surface area (Å²) in [5.74, 6) is 0.297. The van der Waals surface area contributed by atoms with Gasteiger partial charge in [0.25, 0.3) is 0 Å². The van der Waals surface area contributed by atoms with Crippen molar-refractivity contribution in [2.75, 3.05) is 11.9 Å². The van der Waals surface area contributed by atoms with Crippen LogP contribution in [-0.2, 0) is 4.74 Å². The van der Waals surface area contributed by atoms with Crippen LogP contribution in [0.2, 0.25) is 0 Å². The molecule has 1 aromatic rings. The van der Waals surface area contributed by atoms with E-state index in [4.69, 9.17) is 9.84 Å². The van der Waals surface area contributed by atoms with E-state index in [1.54, 1.807) is 12.1 Å². The maximum absolute atomic E-state index is 9.12. The summed E-state index contributed by atoms with van der Waals surface area (Å²) in [5, 5.41) is 12.4. The third kappa shape index (κ3) is 2.86. The van der Waals surface area contributed by atoms with Gasteiger partial charge in [0.2, 0.25) is 0 Å². The average molecular weight is 207 g/mol. The molecule has 2 rings (SSSR count). The molecule has 1 aromatic carbocycles. The van der Waals surface area contributed by atoms with E-state index in [2.05, 4.69) is 12.2 Å². The van der Waals surface area contributed by atoms with Gasteiger partial charge < -0.3 is 15.2 Å². The van der Waals surface area contributed by atoms with Crippen molar-refractivity contribution in [1.29, 1.82) is 0 Å². The summed E-state index contributed by atoms with van der Waals surface area (Å²) in [5.41, 5.74) is 1.02. The Morgan fingerprint density at radius 1 is 1.33 bits per heavy atom.